The number of amides is 2. The maximum atomic E-state index is 11.6. The van der Waals surface area contributed by atoms with Crippen molar-refractivity contribution in [3.05, 3.63) is 119 Å². The van der Waals surface area contributed by atoms with Gasteiger partial charge in [-0.15, -0.1) is 0 Å². The fourth-order valence-electron chi connectivity index (χ4n) is 2.85. The Morgan fingerprint density at radius 1 is 0.590 bits per heavy atom. The number of phenolic OH excluding ortho intramolecular Hbond substituents is 2. The molecule has 199 valence electrons. The van der Waals surface area contributed by atoms with Crippen molar-refractivity contribution in [2.24, 2.45) is 10.2 Å². The van der Waals surface area contributed by atoms with Crippen LogP contribution >= 0.6 is 0 Å². The van der Waals surface area contributed by atoms with Crippen LogP contribution in [0.25, 0.3) is 0 Å². The third-order valence-electron chi connectivity index (χ3n) is 4.84. The number of carbonyl (C=O) groups excluding carboxylic acids is 2. The molecule has 39 heavy (non-hydrogen) atoms. The molecule has 0 unspecified atom stereocenters. The van der Waals surface area contributed by atoms with E-state index in [2.05, 4.69) is 21.1 Å². The predicted molar refractivity (Wildman–Crippen MR) is 138 cm³/mol. The van der Waals surface area contributed by atoms with Crippen LogP contribution in [0.1, 0.15) is 31.8 Å². The molecule has 0 aromatic heterocycles. The van der Waals surface area contributed by atoms with Gasteiger partial charge in [0.05, 0.1) is 12.4 Å². The molecule has 10 nitrogen and oxygen atoms in total. The van der Waals surface area contributed by atoms with E-state index in [0.717, 1.165) is 0 Å². The average Bonchev–Trinajstić information content (AvgIpc) is 2.92. The van der Waals surface area contributed by atoms with Crippen LogP contribution in [0.4, 0.5) is 0 Å². The Kier molecular flexibility index (Phi) is 11.7. The fraction of sp³-hybridized carbons (Fsp3) is 0. The van der Waals surface area contributed by atoms with Crippen LogP contribution in [0.3, 0.4) is 0 Å². The number of para-hydroxylation sites is 2. The third-order valence-corrected chi connectivity index (χ3v) is 4.84. The molecule has 0 atom stereocenters. The standard InChI is InChI=1S/2C14H12N2O3.Co/c2*17-12-7-5-10(6-8-12)14(19)16-15-9-11-3-1-2-4-13(11)18;/h2*1-9,17-18H,(H,16,19);/q;;+2/p-2/b2*15-9+;. The van der Waals surface area contributed by atoms with Crippen molar-refractivity contribution in [3.63, 3.8) is 0 Å². The summed E-state index contributed by atoms with van der Waals surface area (Å²) in [5, 5.41) is 48.4. The van der Waals surface area contributed by atoms with Gasteiger partial charge in [-0.2, -0.15) is 10.2 Å². The number of rotatable bonds is 6. The van der Waals surface area contributed by atoms with E-state index in [4.69, 9.17) is 10.2 Å². The maximum Gasteiger partial charge on any atom is 2.00 e. The van der Waals surface area contributed by atoms with E-state index in [-0.39, 0.29) is 39.8 Å². The van der Waals surface area contributed by atoms with E-state index >= 15 is 0 Å². The molecule has 0 bridgehead atoms. The van der Waals surface area contributed by atoms with Crippen molar-refractivity contribution in [1.82, 2.24) is 10.9 Å². The van der Waals surface area contributed by atoms with Crippen molar-refractivity contribution in [2.75, 3.05) is 0 Å². The average molecular weight is 569 g/mol. The monoisotopic (exact) mass is 569 g/mol. The Balaban J connectivity index is 0.000000267. The van der Waals surface area contributed by atoms with Crippen molar-refractivity contribution in [1.29, 1.82) is 0 Å². The first-order valence-corrected chi connectivity index (χ1v) is 11.1. The molecule has 0 heterocycles. The van der Waals surface area contributed by atoms with Gasteiger partial charge >= 0.3 is 16.8 Å². The van der Waals surface area contributed by atoms with E-state index in [1.54, 1.807) is 36.4 Å². The molecule has 4 N–H and O–H groups in total. The normalized spacial score (nSPS) is 10.3. The van der Waals surface area contributed by atoms with E-state index in [1.807, 2.05) is 0 Å². The summed E-state index contributed by atoms with van der Waals surface area (Å²) in [6.45, 7) is 0. The minimum absolute atomic E-state index is 0. The Morgan fingerprint density at radius 2 is 0.923 bits per heavy atom. The van der Waals surface area contributed by atoms with Gasteiger partial charge in [0.1, 0.15) is 11.5 Å². The summed E-state index contributed by atoms with van der Waals surface area (Å²) in [5.74, 6) is -0.991. The number of hydrogen-bond donors (Lipinski definition) is 4. The van der Waals surface area contributed by atoms with Crippen LogP contribution in [0.15, 0.2) is 107 Å². The molecule has 4 aromatic rings. The van der Waals surface area contributed by atoms with Crippen LogP contribution in [0.5, 0.6) is 23.0 Å². The number of nitrogens with zero attached hydrogens (tertiary/aromatic N) is 2. The van der Waals surface area contributed by atoms with Crippen LogP contribution in [0, 0.1) is 0 Å². The number of hydrogen-bond acceptors (Lipinski definition) is 8. The summed E-state index contributed by atoms with van der Waals surface area (Å²) < 4.78 is 0. The third kappa shape index (κ3) is 9.68. The molecular formula is C28H22CoN4O6. The van der Waals surface area contributed by atoms with Crippen LogP contribution in [0.2, 0.25) is 0 Å². The van der Waals surface area contributed by atoms with E-state index in [0.29, 0.717) is 22.3 Å². The number of hydrazone groups is 2. The van der Waals surface area contributed by atoms with Gasteiger partial charge in [-0.05, 0) is 59.7 Å². The second kappa shape index (κ2) is 15.2. The molecule has 4 rings (SSSR count). The first-order chi connectivity index (χ1) is 18.3. The second-order valence-corrected chi connectivity index (χ2v) is 7.57. The molecule has 0 aliphatic rings. The van der Waals surface area contributed by atoms with Gasteiger partial charge in [-0.3, -0.25) is 9.59 Å². The number of nitrogens with one attached hydrogen (secondary N) is 2. The van der Waals surface area contributed by atoms with E-state index in [9.17, 15) is 19.8 Å². The Bertz CT molecular complexity index is 1330. The number of carbonyl (C=O) groups is 2. The Labute approximate surface area is 234 Å². The molecule has 0 saturated carbocycles. The number of benzene rings is 4. The molecule has 0 saturated heterocycles. The largest absolute Gasteiger partial charge is 2.00 e. The molecule has 2 amide bonds. The predicted octanol–water partition coefficient (Wildman–Crippen LogP) is 2.46. The summed E-state index contributed by atoms with van der Waals surface area (Å²) in [6.07, 6.45) is 2.58. The van der Waals surface area contributed by atoms with Crippen LogP contribution in [-0.2, 0) is 16.8 Å². The molecule has 0 aliphatic heterocycles. The van der Waals surface area contributed by atoms with Gasteiger partial charge in [-0.1, -0.05) is 60.0 Å². The summed E-state index contributed by atoms with van der Waals surface area (Å²) in [7, 11) is 0. The zero-order chi connectivity index (χ0) is 27.3. The van der Waals surface area contributed by atoms with Gasteiger partial charge in [0.15, 0.2) is 0 Å². The van der Waals surface area contributed by atoms with Gasteiger partial charge in [-0.25, -0.2) is 10.9 Å². The van der Waals surface area contributed by atoms with E-state index in [1.165, 1.54) is 73.1 Å². The van der Waals surface area contributed by atoms with Crippen LogP contribution in [-0.4, -0.2) is 34.5 Å². The molecule has 4 aromatic carbocycles. The number of phenols is 2. The summed E-state index contributed by atoms with van der Waals surface area (Å²) in [4.78, 5) is 23.3. The SMILES string of the molecule is O=C(N/N=C/c1ccccc1[O-])c1ccc(O)cc1.O=C(N/N=C/c1ccccc1[O-])c1ccc(O)cc1.[Co+2]. The van der Waals surface area contributed by atoms with E-state index < -0.39 is 11.8 Å². The minimum Gasteiger partial charge on any atom is -0.872 e. The second-order valence-electron chi connectivity index (χ2n) is 7.57. The first-order valence-electron chi connectivity index (χ1n) is 11.1. The summed E-state index contributed by atoms with van der Waals surface area (Å²) in [6, 6.07) is 24.3. The van der Waals surface area contributed by atoms with Gasteiger partial charge in [0.25, 0.3) is 11.8 Å². The molecule has 0 aliphatic carbocycles. The van der Waals surface area contributed by atoms with Crippen molar-refractivity contribution >= 4 is 24.2 Å². The van der Waals surface area contributed by atoms with Crippen molar-refractivity contribution in [2.45, 2.75) is 0 Å². The van der Waals surface area contributed by atoms with Gasteiger partial charge < -0.3 is 20.4 Å². The summed E-state index contributed by atoms with van der Waals surface area (Å²) >= 11 is 0. The smallest absolute Gasteiger partial charge is 0.872 e. The van der Waals surface area contributed by atoms with Crippen molar-refractivity contribution in [3.8, 4) is 23.0 Å². The zero-order valence-corrected chi connectivity index (χ0v) is 21.2. The molecule has 11 heteroatoms. The number of aromatic hydroxyl groups is 2. The van der Waals surface area contributed by atoms with Gasteiger partial charge in [0, 0.05) is 11.1 Å². The van der Waals surface area contributed by atoms with Crippen LogP contribution < -0.4 is 21.1 Å². The zero-order valence-electron chi connectivity index (χ0n) is 20.1. The maximum absolute atomic E-state index is 11.6. The Hall–Kier alpha value is -5.13. The topological polar surface area (TPSA) is 169 Å². The molecule has 1 radical (unpaired) electrons. The Morgan fingerprint density at radius 3 is 1.26 bits per heavy atom. The quantitative estimate of drug-likeness (QED) is 0.205. The summed E-state index contributed by atoms with van der Waals surface area (Å²) in [5.41, 5.74) is 6.13. The van der Waals surface area contributed by atoms with Gasteiger partial charge in [0.2, 0.25) is 0 Å². The molecule has 0 fully saturated rings. The molecule has 0 spiro atoms. The molecular weight excluding hydrogens is 547 g/mol. The van der Waals surface area contributed by atoms with Crippen molar-refractivity contribution < 1.29 is 46.8 Å². The minimum atomic E-state index is -0.417. The first kappa shape index (κ1) is 30.1. The fourth-order valence-corrected chi connectivity index (χ4v) is 2.85.